The van der Waals surface area contributed by atoms with Crippen molar-refractivity contribution in [3.63, 3.8) is 0 Å². The zero-order valence-corrected chi connectivity index (χ0v) is 24.3. The number of likely N-dealkylation sites (tertiary alicyclic amines) is 1. The number of benzene rings is 2. The molecule has 3 amide bonds. The van der Waals surface area contributed by atoms with Crippen molar-refractivity contribution in [3.05, 3.63) is 70.8 Å². The monoisotopic (exact) mass is 613 g/mol. The molecule has 1 aliphatic heterocycles. The number of halogens is 6. The smallest absolute Gasteiger partial charge is 0.370 e. The molecular weight excluding hydrogens is 576 g/mol. The zero-order valence-electron chi connectivity index (χ0n) is 24.3. The van der Waals surface area contributed by atoms with Gasteiger partial charge in [0.1, 0.15) is 0 Å². The highest BCUT2D eigenvalue weighted by atomic mass is 19.4. The summed E-state index contributed by atoms with van der Waals surface area (Å²) < 4.78 is 86.9. The van der Waals surface area contributed by atoms with E-state index in [0.717, 1.165) is 5.56 Å². The highest BCUT2D eigenvalue weighted by Crippen LogP contribution is 2.40. The molecule has 1 N–H and O–H groups in total. The van der Waals surface area contributed by atoms with Gasteiger partial charge in [-0.05, 0) is 68.4 Å². The molecule has 1 aliphatic carbocycles. The molecular formula is C31H37F6N3O3. The molecule has 6 nitrogen and oxygen atoms in total. The molecule has 1 saturated carbocycles. The van der Waals surface area contributed by atoms with Crippen LogP contribution >= 0.6 is 0 Å². The summed E-state index contributed by atoms with van der Waals surface area (Å²) in [7, 11) is 3.34. The van der Waals surface area contributed by atoms with Gasteiger partial charge in [-0.15, -0.1) is 0 Å². The fraction of sp³-hybridized carbons (Fsp3) is 0.548. The zero-order chi connectivity index (χ0) is 31.5. The van der Waals surface area contributed by atoms with Crippen molar-refractivity contribution in [3.8, 4) is 0 Å². The van der Waals surface area contributed by atoms with E-state index in [4.69, 9.17) is 4.74 Å². The Kier molecular flexibility index (Phi) is 9.98. The standard InChI is InChI=1S/C31H37F6N3O3/c1-19(22-15-23(30(32,33)34)17-24(16-22)31(35,36)37)43-27-13-14-40(18-26(27)20-7-5-4-6-8-20)28(41)21-9-11-25(12-10-21)38-29(42)39(2)3/h4-8,15-17,19,21,25-27H,9-14,18H2,1-3H3,(H,38,42)/t19-,21?,25?,26+,27+/m1/s1. The molecule has 1 heterocycles. The van der Waals surface area contributed by atoms with E-state index in [0.29, 0.717) is 57.3 Å². The Morgan fingerprint density at radius 2 is 1.49 bits per heavy atom. The lowest BCUT2D eigenvalue weighted by molar-refractivity contribution is -0.143. The summed E-state index contributed by atoms with van der Waals surface area (Å²) in [5.74, 6) is -0.506. The van der Waals surface area contributed by atoms with Crippen molar-refractivity contribution < 1.29 is 40.7 Å². The Balaban J connectivity index is 1.48. The molecule has 0 unspecified atom stereocenters. The number of hydrogen-bond acceptors (Lipinski definition) is 3. The van der Waals surface area contributed by atoms with Gasteiger partial charge in [-0.1, -0.05) is 30.3 Å². The van der Waals surface area contributed by atoms with E-state index in [-0.39, 0.29) is 41.4 Å². The summed E-state index contributed by atoms with van der Waals surface area (Å²) in [6.45, 7) is 2.11. The predicted molar refractivity (Wildman–Crippen MR) is 148 cm³/mol. The number of piperidine rings is 1. The molecule has 2 aliphatic rings. The second kappa shape index (κ2) is 13.2. The van der Waals surface area contributed by atoms with Crippen LogP contribution < -0.4 is 5.32 Å². The van der Waals surface area contributed by atoms with Crippen molar-refractivity contribution in [2.45, 2.75) is 75.5 Å². The van der Waals surface area contributed by atoms with Crippen LogP contribution in [0, 0.1) is 5.92 Å². The van der Waals surface area contributed by atoms with E-state index < -0.39 is 35.7 Å². The van der Waals surface area contributed by atoms with E-state index in [1.54, 1.807) is 19.0 Å². The predicted octanol–water partition coefficient (Wildman–Crippen LogP) is 7.02. The van der Waals surface area contributed by atoms with Crippen LogP contribution in [-0.2, 0) is 21.9 Å². The minimum absolute atomic E-state index is 0.00495. The van der Waals surface area contributed by atoms with Crippen LogP contribution in [0.25, 0.3) is 0 Å². The summed E-state index contributed by atoms with van der Waals surface area (Å²) >= 11 is 0. The number of hydrogen-bond donors (Lipinski definition) is 1. The molecule has 43 heavy (non-hydrogen) atoms. The fourth-order valence-electron chi connectivity index (χ4n) is 5.91. The summed E-state index contributed by atoms with van der Waals surface area (Å²) in [6, 6.07) is 10.6. The quantitative estimate of drug-likeness (QED) is 0.357. The van der Waals surface area contributed by atoms with Crippen LogP contribution in [0.3, 0.4) is 0 Å². The van der Waals surface area contributed by atoms with Gasteiger partial charge in [-0.2, -0.15) is 26.3 Å². The van der Waals surface area contributed by atoms with Gasteiger partial charge in [0.25, 0.3) is 0 Å². The van der Waals surface area contributed by atoms with E-state index in [1.807, 2.05) is 30.3 Å². The van der Waals surface area contributed by atoms with Crippen LogP contribution in [0.5, 0.6) is 0 Å². The van der Waals surface area contributed by atoms with E-state index >= 15 is 0 Å². The first-order valence-electron chi connectivity index (χ1n) is 14.4. The van der Waals surface area contributed by atoms with Crippen molar-refractivity contribution >= 4 is 11.9 Å². The van der Waals surface area contributed by atoms with Gasteiger partial charge in [0.2, 0.25) is 5.91 Å². The topological polar surface area (TPSA) is 61.9 Å². The van der Waals surface area contributed by atoms with E-state index in [1.165, 1.54) is 11.8 Å². The summed E-state index contributed by atoms with van der Waals surface area (Å²) in [6.07, 6.45) is -8.49. The number of nitrogens with zero attached hydrogens (tertiary/aromatic N) is 2. The van der Waals surface area contributed by atoms with E-state index in [9.17, 15) is 35.9 Å². The van der Waals surface area contributed by atoms with Crippen molar-refractivity contribution in [2.75, 3.05) is 27.2 Å². The summed E-state index contributed by atoms with van der Waals surface area (Å²) in [4.78, 5) is 28.8. The number of ether oxygens (including phenoxy) is 1. The van der Waals surface area contributed by atoms with Crippen LogP contribution in [0.2, 0.25) is 0 Å². The summed E-state index contributed by atoms with van der Waals surface area (Å²) in [5.41, 5.74) is -2.12. The fourth-order valence-corrected chi connectivity index (χ4v) is 5.91. The molecule has 2 aromatic rings. The lowest BCUT2D eigenvalue weighted by atomic mass is 9.83. The third-order valence-electron chi connectivity index (χ3n) is 8.36. The van der Waals surface area contributed by atoms with Crippen molar-refractivity contribution in [1.82, 2.24) is 15.1 Å². The third-order valence-corrected chi connectivity index (χ3v) is 8.36. The maximum absolute atomic E-state index is 13.6. The minimum Gasteiger partial charge on any atom is -0.370 e. The first-order chi connectivity index (χ1) is 20.1. The van der Waals surface area contributed by atoms with Crippen molar-refractivity contribution in [2.24, 2.45) is 5.92 Å². The van der Waals surface area contributed by atoms with Gasteiger partial charge in [0.05, 0.1) is 23.3 Å². The molecule has 3 atom stereocenters. The SMILES string of the molecule is C[C@@H](O[C@H]1CCN(C(=O)C2CCC(NC(=O)N(C)C)CC2)C[C@H]1c1ccccc1)c1cc(C(F)(F)F)cc(C(F)(F)F)c1. The molecule has 2 fully saturated rings. The molecule has 12 heteroatoms. The average Bonchev–Trinajstić information content (AvgIpc) is 2.96. The first-order valence-corrected chi connectivity index (χ1v) is 14.4. The Labute approximate surface area is 247 Å². The second-order valence-corrected chi connectivity index (χ2v) is 11.6. The molecule has 0 spiro atoms. The van der Waals surface area contributed by atoms with Gasteiger partial charge in [-0.25, -0.2) is 4.79 Å². The van der Waals surface area contributed by atoms with Crippen LogP contribution in [0.1, 0.15) is 73.3 Å². The third kappa shape index (κ3) is 8.21. The van der Waals surface area contributed by atoms with Gasteiger partial charge in [0.15, 0.2) is 0 Å². The van der Waals surface area contributed by atoms with Gasteiger partial charge in [-0.3, -0.25) is 4.79 Å². The largest absolute Gasteiger partial charge is 0.416 e. The number of carbonyl (C=O) groups is 2. The average molecular weight is 614 g/mol. The first kappa shape index (κ1) is 32.6. The maximum Gasteiger partial charge on any atom is 0.416 e. The minimum atomic E-state index is -4.95. The number of urea groups is 1. The normalized spacial score (nSPS) is 23.9. The van der Waals surface area contributed by atoms with Gasteiger partial charge in [0, 0.05) is 45.1 Å². The van der Waals surface area contributed by atoms with Gasteiger partial charge >= 0.3 is 18.4 Å². The highest BCUT2D eigenvalue weighted by Gasteiger charge is 2.40. The van der Waals surface area contributed by atoms with Gasteiger partial charge < -0.3 is 19.9 Å². The van der Waals surface area contributed by atoms with Crippen LogP contribution in [0.4, 0.5) is 31.1 Å². The number of carbonyl (C=O) groups excluding carboxylic acids is 2. The van der Waals surface area contributed by atoms with Crippen LogP contribution in [0.15, 0.2) is 48.5 Å². The number of nitrogens with one attached hydrogen (secondary N) is 1. The number of amides is 3. The Bertz CT molecular complexity index is 1230. The molecule has 0 radical (unpaired) electrons. The molecule has 2 aromatic carbocycles. The Morgan fingerprint density at radius 3 is 2.02 bits per heavy atom. The van der Waals surface area contributed by atoms with E-state index in [2.05, 4.69) is 5.32 Å². The van der Waals surface area contributed by atoms with Crippen molar-refractivity contribution in [1.29, 1.82) is 0 Å². The van der Waals surface area contributed by atoms with Crippen LogP contribution in [-0.4, -0.2) is 61.1 Å². The molecule has 0 bridgehead atoms. The lowest BCUT2D eigenvalue weighted by Gasteiger charge is -2.42. The Morgan fingerprint density at radius 1 is 0.907 bits per heavy atom. The number of rotatable bonds is 6. The maximum atomic E-state index is 13.6. The second-order valence-electron chi connectivity index (χ2n) is 11.6. The molecule has 1 saturated heterocycles. The molecule has 0 aromatic heterocycles. The number of alkyl halides is 6. The Hall–Kier alpha value is -3.28. The summed E-state index contributed by atoms with van der Waals surface area (Å²) in [5, 5.41) is 2.97. The molecule has 4 rings (SSSR count). The lowest BCUT2D eigenvalue weighted by Crippen LogP contribution is -2.49. The molecule has 236 valence electrons. The highest BCUT2D eigenvalue weighted by molar-refractivity contribution is 5.79.